The van der Waals surface area contributed by atoms with Crippen molar-refractivity contribution in [2.45, 2.75) is 25.5 Å². The molecule has 1 heterocycles. The number of nitrogens with zero attached hydrogens (tertiary/aromatic N) is 1. The number of sulfonamides is 1. The molecule has 1 aromatic rings. The van der Waals surface area contributed by atoms with Gasteiger partial charge in [-0.3, -0.25) is 0 Å². The summed E-state index contributed by atoms with van der Waals surface area (Å²) in [7, 11) is -1.97. The summed E-state index contributed by atoms with van der Waals surface area (Å²) in [5.74, 6) is -0.0363. The van der Waals surface area contributed by atoms with Gasteiger partial charge in [0.05, 0.1) is 18.4 Å². The van der Waals surface area contributed by atoms with Gasteiger partial charge in [0.25, 0.3) is 0 Å². The molecule has 1 saturated heterocycles. The van der Waals surface area contributed by atoms with Gasteiger partial charge in [-0.25, -0.2) is 17.5 Å². The van der Waals surface area contributed by atoms with E-state index in [1.807, 2.05) is 0 Å². The molecular formula is C15H21NO4S. The Kier molecular flexibility index (Phi) is 5.00. The van der Waals surface area contributed by atoms with Gasteiger partial charge < -0.3 is 4.74 Å². The molecule has 0 unspecified atom stereocenters. The van der Waals surface area contributed by atoms with Crippen molar-refractivity contribution in [1.29, 1.82) is 0 Å². The second kappa shape index (κ2) is 6.58. The maximum Gasteiger partial charge on any atom is 0.337 e. The predicted octanol–water partition coefficient (Wildman–Crippen LogP) is 2.03. The number of hydrogen-bond donors (Lipinski definition) is 0. The van der Waals surface area contributed by atoms with E-state index in [4.69, 9.17) is 0 Å². The Morgan fingerprint density at radius 1 is 1.33 bits per heavy atom. The standard InChI is InChI=1S/C15H21NO4S/c1-12-4-3-9-16(10-12)21(18,19)11-13-5-7-14(8-6-13)15(17)20-2/h5-8,12H,3-4,9-11H2,1-2H3/t12-/m0/s1. The van der Waals surface area contributed by atoms with Crippen molar-refractivity contribution in [2.24, 2.45) is 5.92 Å². The van der Waals surface area contributed by atoms with Crippen LogP contribution in [-0.4, -0.2) is 38.9 Å². The molecule has 1 aliphatic rings. The van der Waals surface area contributed by atoms with Gasteiger partial charge in [0, 0.05) is 13.1 Å². The number of hydrogen-bond acceptors (Lipinski definition) is 4. The number of carbonyl (C=O) groups is 1. The summed E-state index contributed by atoms with van der Waals surface area (Å²) in [6, 6.07) is 6.51. The summed E-state index contributed by atoms with van der Waals surface area (Å²) >= 11 is 0. The number of esters is 1. The molecule has 1 fully saturated rings. The minimum absolute atomic E-state index is 0.0266. The van der Waals surface area contributed by atoms with Gasteiger partial charge in [-0.2, -0.15) is 0 Å². The van der Waals surface area contributed by atoms with E-state index in [9.17, 15) is 13.2 Å². The lowest BCUT2D eigenvalue weighted by Gasteiger charge is -2.30. The second-order valence-corrected chi connectivity index (χ2v) is 7.52. The molecule has 0 saturated carbocycles. The minimum Gasteiger partial charge on any atom is -0.465 e. The van der Waals surface area contributed by atoms with Crippen molar-refractivity contribution in [3.8, 4) is 0 Å². The lowest BCUT2D eigenvalue weighted by Crippen LogP contribution is -2.39. The Bertz CT molecular complexity index is 595. The van der Waals surface area contributed by atoms with Gasteiger partial charge in [0.15, 0.2) is 0 Å². The summed E-state index contributed by atoms with van der Waals surface area (Å²) in [6.45, 7) is 3.28. The lowest BCUT2D eigenvalue weighted by molar-refractivity contribution is 0.0600. The molecule has 0 radical (unpaired) electrons. The van der Waals surface area contributed by atoms with Gasteiger partial charge in [0.1, 0.15) is 0 Å². The lowest BCUT2D eigenvalue weighted by atomic mass is 10.0. The van der Waals surface area contributed by atoms with Gasteiger partial charge in [-0.05, 0) is 36.5 Å². The smallest absolute Gasteiger partial charge is 0.337 e. The molecule has 5 nitrogen and oxygen atoms in total. The molecule has 116 valence electrons. The molecule has 0 aromatic heterocycles. The normalized spacial score (nSPS) is 20.2. The van der Waals surface area contributed by atoms with Crippen molar-refractivity contribution in [3.05, 3.63) is 35.4 Å². The summed E-state index contributed by atoms with van der Waals surface area (Å²) in [6.07, 6.45) is 2.00. The van der Waals surface area contributed by atoms with Crippen LogP contribution in [0.15, 0.2) is 24.3 Å². The first kappa shape index (κ1) is 16.0. The average Bonchev–Trinajstić information content (AvgIpc) is 2.47. The Hall–Kier alpha value is -1.40. The van der Waals surface area contributed by atoms with Crippen LogP contribution in [0, 0.1) is 5.92 Å². The monoisotopic (exact) mass is 311 g/mol. The number of methoxy groups -OCH3 is 1. The van der Waals surface area contributed by atoms with Crippen LogP contribution in [0.4, 0.5) is 0 Å². The number of ether oxygens (including phenoxy) is 1. The first-order valence-corrected chi connectivity index (χ1v) is 8.68. The summed E-state index contributed by atoms with van der Waals surface area (Å²) in [5.41, 5.74) is 1.10. The first-order chi connectivity index (χ1) is 9.92. The topological polar surface area (TPSA) is 63.7 Å². The number of benzene rings is 1. The Labute approximate surface area is 126 Å². The van der Waals surface area contributed by atoms with Crippen molar-refractivity contribution < 1.29 is 17.9 Å². The molecule has 1 atom stereocenters. The first-order valence-electron chi connectivity index (χ1n) is 7.07. The second-order valence-electron chi connectivity index (χ2n) is 5.55. The molecule has 1 aromatic carbocycles. The van der Waals surface area contributed by atoms with E-state index in [0.717, 1.165) is 12.8 Å². The highest BCUT2D eigenvalue weighted by Gasteiger charge is 2.27. The quantitative estimate of drug-likeness (QED) is 0.798. The molecule has 2 rings (SSSR count). The molecule has 0 amide bonds. The number of piperidine rings is 1. The van der Waals surface area contributed by atoms with E-state index >= 15 is 0 Å². The summed E-state index contributed by atoms with van der Waals surface area (Å²) in [5, 5.41) is 0. The van der Waals surface area contributed by atoms with Crippen molar-refractivity contribution in [3.63, 3.8) is 0 Å². The Balaban J connectivity index is 2.08. The molecule has 21 heavy (non-hydrogen) atoms. The van der Waals surface area contributed by atoms with Crippen LogP contribution in [0.2, 0.25) is 0 Å². The van der Waals surface area contributed by atoms with E-state index in [2.05, 4.69) is 11.7 Å². The SMILES string of the molecule is COC(=O)c1ccc(CS(=O)(=O)N2CCC[C@H](C)C2)cc1. The Morgan fingerprint density at radius 2 is 2.00 bits per heavy atom. The molecule has 0 N–H and O–H groups in total. The summed E-state index contributed by atoms with van der Waals surface area (Å²) in [4.78, 5) is 11.3. The van der Waals surface area contributed by atoms with Crippen LogP contribution in [0.25, 0.3) is 0 Å². The fourth-order valence-electron chi connectivity index (χ4n) is 2.56. The van der Waals surface area contributed by atoms with Crippen LogP contribution in [0.1, 0.15) is 35.7 Å². The fourth-order valence-corrected chi connectivity index (χ4v) is 4.24. The number of carbonyl (C=O) groups excluding carboxylic acids is 1. The van der Waals surface area contributed by atoms with Gasteiger partial charge in [0.2, 0.25) is 10.0 Å². The highest BCUT2D eigenvalue weighted by atomic mass is 32.2. The van der Waals surface area contributed by atoms with E-state index in [-0.39, 0.29) is 5.75 Å². The van der Waals surface area contributed by atoms with Crippen LogP contribution >= 0.6 is 0 Å². The average molecular weight is 311 g/mol. The van der Waals surface area contributed by atoms with E-state index in [1.165, 1.54) is 7.11 Å². The van der Waals surface area contributed by atoms with E-state index in [0.29, 0.717) is 30.1 Å². The van der Waals surface area contributed by atoms with E-state index < -0.39 is 16.0 Å². The summed E-state index contributed by atoms with van der Waals surface area (Å²) < 4.78 is 31.0. The molecule has 6 heteroatoms. The van der Waals surface area contributed by atoms with Gasteiger partial charge >= 0.3 is 5.97 Å². The highest BCUT2D eigenvalue weighted by Crippen LogP contribution is 2.21. The van der Waals surface area contributed by atoms with Gasteiger partial charge in [-0.15, -0.1) is 0 Å². The third kappa shape index (κ3) is 4.04. The zero-order chi connectivity index (χ0) is 15.5. The Morgan fingerprint density at radius 3 is 2.57 bits per heavy atom. The van der Waals surface area contributed by atoms with Crippen LogP contribution in [0.3, 0.4) is 0 Å². The fraction of sp³-hybridized carbons (Fsp3) is 0.533. The largest absolute Gasteiger partial charge is 0.465 e. The van der Waals surface area contributed by atoms with Crippen molar-refractivity contribution in [2.75, 3.05) is 20.2 Å². The predicted molar refractivity (Wildman–Crippen MR) is 80.4 cm³/mol. The molecule has 0 aliphatic carbocycles. The molecular weight excluding hydrogens is 290 g/mol. The van der Waals surface area contributed by atoms with Crippen molar-refractivity contribution in [1.82, 2.24) is 4.31 Å². The molecule has 0 spiro atoms. The molecule has 0 bridgehead atoms. The van der Waals surface area contributed by atoms with Crippen molar-refractivity contribution >= 4 is 16.0 Å². The zero-order valence-electron chi connectivity index (χ0n) is 12.4. The third-order valence-corrected chi connectivity index (χ3v) is 5.55. The third-order valence-electron chi connectivity index (χ3n) is 3.74. The zero-order valence-corrected chi connectivity index (χ0v) is 13.2. The number of rotatable bonds is 4. The maximum absolute atomic E-state index is 12.4. The highest BCUT2D eigenvalue weighted by molar-refractivity contribution is 7.88. The van der Waals surface area contributed by atoms with Crippen LogP contribution in [-0.2, 0) is 20.5 Å². The van der Waals surface area contributed by atoms with E-state index in [1.54, 1.807) is 28.6 Å². The van der Waals surface area contributed by atoms with Crippen LogP contribution in [0.5, 0.6) is 0 Å². The minimum atomic E-state index is -3.29. The maximum atomic E-state index is 12.4. The van der Waals surface area contributed by atoms with Gasteiger partial charge in [-0.1, -0.05) is 19.1 Å². The van der Waals surface area contributed by atoms with Crippen LogP contribution < -0.4 is 0 Å². The molecule has 1 aliphatic heterocycles.